The number of fused-ring (bicyclic) bond motifs is 15. The van der Waals surface area contributed by atoms with Crippen molar-refractivity contribution in [2.45, 2.75) is 96.6 Å². The normalized spacial score (nSPS) is 13.8. The third-order valence-corrected chi connectivity index (χ3v) is 32.7. The highest BCUT2D eigenvalue weighted by molar-refractivity contribution is 8.00. The second-order valence-electron chi connectivity index (χ2n) is 40.6. The molecule has 21 aromatic carbocycles. The number of hydrogen-bond acceptors (Lipinski definition) is 8. The molecule has 146 heavy (non-hydrogen) atoms. The second-order valence-corrected chi connectivity index (χ2v) is 42.8. The SMILES string of the molecule is CC1(C)c2ccccc2-c2ccc(N(c3ccc(-c4ccccc4)cc3)c3ccc(-c4ccc5c(c4)Oc4ccccc4S5)cc3)cc21.CC1(C)c2ccccc2-c2ccc(N(c3ccc(-c4ccccc4)cc3)c3ccc(-c4ccc5c(c4)Sc4ccccc4O5)cc3)cc21.CC1(C)c2ccccc2Oc2ccc(-c3ccc(N(c4ccc(-c5ccccc5)cc4)c4ccc5c(c4)C(C)(C)c4ccccc4-5)cc3)cc21. The van der Waals surface area contributed by atoms with Gasteiger partial charge in [-0.25, -0.2) is 0 Å². The Morgan fingerprint density at radius 1 is 0.144 bits per heavy atom. The van der Waals surface area contributed by atoms with Crippen LogP contribution in [0.4, 0.5) is 51.2 Å². The van der Waals surface area contributed by atoms with Gasteiger partial charge >= 0.3 is 0 Å². The molecule has 0 bridgehead atoms. The molecule has 0 amide bonds. The summed E-state index contributed by atoms with van der Waals surface area (Å²) in [5.74, 6) is 5.52. The Hall–Kier alpha value is -16.9. The van der Waals surface area contributed by atoms with Gasteiger partial charge in [0.05, 0.1) is 19.6 Å². The number of ether oxygens (including phenoxy) is 3. The number of nitrogens with zero attached hydrogens (tertiary/aromatic N) is 3. The molecule has 0 N–H and O–H groups in total. The number of para-hydroxylation sites is 3. The Bertz CT molecular complexity index is 8260. The van der Waals surface area contributed by atoms with Crippen LogP contribution >= 0.6 is 23.5 Å². The number of rotatable bonds is 15. The molecule has 6 aliphatic rings. The first-order valence-corrected chi connectivity index (χ1v) is 52.0. The molecule has 21 aromatic rings. The first-order chi connectivity index (χ1) is 71.3. The highest BCUT2D eigenvalue weighted by Gasteiger charge is 2.41. The third-order valence-electron chi connectivity index (χ3n) is 30.4. The Morgan fingerprint density at radius 2 is 0.377 bits per heavy atom. The minimum atomic E-state index is -0.163. The fourth-order valence-corrected chi connectivity index (χ4v) is 24.5. The fraction of sp³-hybridized carbons (Fsp3) is 0.0870. The van der Waals surface area contributed by atoms with E-state index in [-0.39, 0.29) is 21.7 Å². The molecule has 702 valence electrons. The highest BCUT2D eigenvalue weighted by atomic mass is 32.2. The number of hydrogen-bond donors (Lipinski definition) is 0. The molecule has 3 aliphatic carbocycles. The molecule has 0 atom stereocenters. The van der Waals surface area contributed by atoms with Gasteiger partial charge < -0.3 is 28.9 Å². The van der Waals surface area contributed by atoms with Crippen LogP contribution in [-0.2, 0) is 21.7 Å². The molecule has 3 heterocycles. The molecule has 0 saturated heterocycles. The molecule has 0 saturated carbocycles. The standard InChI is InChI=1S/C48H39NO.2C45H33NOS/c1-47(2)41-15-9-8-14-39(41)40-28-27-38(31-43(40)47)49(36-23-18-33(19-24-36)32-12-6-5-7-13-32)37-25-20-34(21-26-37)35-22-29-46-44(30-35)48(3,4)42-16-10-11-17-45(42)50-46;1-45(2)39-13-7-6-12-37(39)38-26-25-36(29-40(38)45)46(34-21-16-31(17-22-34)30-10-4-3-5-11-30)35-23-18-32(19-24-35)33-20-27-44-42(28-33)47-41-14-8-9-15-43(41)48-44;1-45(2)39-13-7-6-12-37(39)38-26-25-36(29-40(38)45)46(34-21-16-31(17-22-34)30-10-4-3-5-11-30)35-23-18-32(19-24-35)33-20-27-42-44(28-33)48-43-15-9-8-14-41(43)47-42/h5-31H,1-4H3;2*3-29H,1-2H3. The topological polar surface area (TPSA) is 37.4 Å². The van der Waals surface area contributed by atoms with Crippen LogP contribution in [0, 0.1) is 0 Å². The van der Waals surface area contributed by atoms with Crippen molar-refractivity contribution < 1.29 is 14.2 Å². The predicted molar refractivity (Wildman–Crippen MR) is 609 cm³/mol. The van der Waals surface area contributed by atoms with Crippen LogP contribution in [0.2, 0.25) is 0 Å². The van der Waals surface area contributed by atoms with Crippen molar-refractivity contribution in [1.82, 2.24) is 0 Å². The molecule has 0 aromatic heterocycles. The van der Waals surface area contributed by atoms with E-state index in [1.807, 2.05) is 30.3 Å². The zero-order valence-electron chi connectivity index (χ0n) is 82.6. The van der Waals surface area contributed by atoms with Crippen molar-refractivity contribution in [2.24, 2.45) is 0 Å². The van der Waals surface area contributed by atoms with E-state index < -0.39 is 0 Å². The summed E-state index contributed by atoms with van der Waals surface area (Å²) in [5, 5.41) is 0. The van der Waals surface area contributed by atoms with Gasteiger partial charge in [0.15, 0.2) is 0 Å². The molecule has 27 rings (SSSR count). The minimum absolute atomic E-state index is 0.0800. The summed E-state index contributed by atoms with van der Waals surface area (Å²) >= 11 is 3.53. The van der Waals surface area contributed by atoms with Crippen molar-refractivity contribution in [2.75, 3.05) is 14.7 Å². The smallest absolute Gasteiger partial charge is 0.142 e. The maximum absolute atomic E-state index is 6.35. The van der Waals surface area contributed by atoms with Gasteiger partial charge in [0, 0.05) is 84.0 Å². The molecular weight excluding hydrogens is 1810 g/mol. The molecular formula is C138H105N3O3S2. The third kappa shape index (κ3) is 16.4. The van der Waals surface area contributed by atoms with Gasteiger partial charge in [-0.3, -0.25) is 0 Å². The van der Waals surface area contributed by atoms with E-state index in [4.69, 9.17) is 14.2 Å². The molecule has 0 spiro atoms. The lowest BCUT2D eigenvalue weighted by Gasteiger charge is -2.34. The molecule has 0 radical (unpaired) electrons. The summed E-state index contributed by atoms with van der Waals surface area (Å²) in [7, 11) is 0. The number of anilines is 9. The summed E-state index contributed by atoms with van der Waals surface area (Å²) < 4.78 is 18.8. The summed E-state index contributed by atoms with van der Waals surface area (Å²) in [6.07, 6.45) is 0. The van der Waals surface area contributed by atoms with E-state index in [0.717, 1.165) is 116 Å². The van der Waals surface area contributed by atoms with Gasteiger partial charge in [0.2, 0.25) is 0 Å². The van der Waals surface area contributed by atoms with E-state index in [9.17, 15) is 0 Å². The Morgan fingerprint density at radius 3 is 0.760 bits per heavy atom. The van der Waals surface area contributed by atoms with Crippen molar-refractivity contribution in [3.05, 3.63) is 536 Å². The monoisotopic (exact) mass is 1920 g/mol. The van der Waals surface area contributed by atoms with Crippen LogP contribution in [0.15, 0.2) is 511 Å². The van der Waals surface area contributed by atoms with Crippen LogP contribution in [0.25, 0.3) is 100 Å². The second kappa shape index (κ2) is 36.8. The largest absolute Gasteiger partial charge is 0.457 e. The number of benzene rings is 21. The van der Waals surface area contributed by atoms with Crippen molar-refractivity contribution >= 4 is 74.7 Å². The fourth-order valence-electron chi connectivity index (χ4n) is 22.6. The van der Waals surface area contributed by atoms with Gasteiger partial charge in [-0.05, 0) is 309 Å². The lowest BCUT2D eigenvalue weighted by molar-refractivity contribution is 0.418. The first-order valence-electron chi connectivity index (χ1n) is 50.4. The van der Waals surface area contributed by atoms with Gasteiger partial charge in [-0.1, -0.05) is 394 Å². The summed E-state index contributed by atoms with van der Waals surface area (Å²) in [6, 6.07) is 177. The van der Waals surface area contributed by atoms with Gasteiger partial charge in [-0.15, -0.1) is 0 Å². The first kappa shape index (κ1) is 90.4. The molecule has 8 heteroatoms. The van der Waals surface area contributed by atoms with E-state index in [1.54, 1.807) is 23.5 Å². The van der Waals surface area contributed by atoms with Gasteiger partial charge in [-0.2, -0.15) is 0 Å². The Kier molecular flexibility index (Phi) is 22.8. The highest BCUT2D eigenvalue weighted by Crippen LogP contribution is 2.58. The average molecular weight is 1920 g/mol. The van der Waals surface area contributed by atoms with Crippen molar-refractivity contribution in [1.29, 1.82) is 0 Å². The van der Waals surface area contributed by atoms with E-state index in [1.165, 1.54) is 134 Å². The van der Waals surface area contributed by atoms with Gasteiger partial charge in [0.1, 0.15) is 34.5 Å². The summed E-state index contributed by atoms with van der Waals surface area (Å²) in [4.78, 5) is 11.7. The lowest BCUT2D eigenvalue weighted by Crippen LogP contribution is -2.24. The predicted octanol–water partition coefficient (Wildman–Crippen LogP) is 39.3. The average Bonchev–Trinajstić information content (AvgIpc) is 1.55. The van der Waals surface area contributed by atoms with Gasteiger partial charge in [0.25, 0.3) is 0 Å². The molecule has 0 fully saturated rings. The molecule has 6 nitrogen and oxygen atoms in total. The van der Waals surface area contributed by atoms with Crippen molar-refractivity contribution in [3.8, 4) is 135 Å². The zero-order chi connectivity index (χ0) is 98.5. The quantitative estimate of drug-likeness (QED) is 0.101. The molecule has 3 aliphatic heterocycles. The maximum Gasteiger partial charge on any atom is 0.142 e. The van der Waals surface area contributed by atoms with E-state index >= 15 is 0 Å². The maximum atomic E-state index is 6.35. The van der Waals surface area contributed by atoms with Crippen LogP contribution in [0.3, 0.4) is 0 Å². The van der Waals surface area contributed by atoms with Crippen LogP contribution in [0.5, 0.6) is 34.5 Å². The van der Waals surface area contributed by atoms with E-state index in [0.29, 0.717) is 0 Å². The summed E-state index contributed by atoms with van der Waals surface area (Å²) in [5.41, 5.74) is 42.6. The summed E-state index contributed by atoms with van der Waals surface area (Å²) in [6.45, 7) is 18.6. The minimum Gasteiger partial charge on any atom is -0.457 e. The van der Waals surface area contributed by atoms with Crippen LogP contribution in [-0.4, -0.2) is 0 Å². The lowest BCUT2D eigenvalue weighted by atomic mass is 9.75. The Labute approximate surface area is 864 Å². The molecule has 0 unspecified atom stereocenters. The van der Waals surface area contributed by atoms with E-state index in [2.05, 4.69) is 531 Å². The van der Waals surface area contributed by atoms with Crippen LogP contribution < -0.4 is 28.9 Å². The zero-order valence-corrected chi connectivity index (χ0v) is 84.3. The van der Waals surface area contributed by atoms with Crippen LogP contribution in [0.1, 0.15) is 99.9 Å². The van der Waals surface area contributed by atoms with Crippen molar-refractivity contribution in [3.63, 3.8) is 0 Å². The Balaban J connectivity index is 0.000000114.